The zero-order valence-corrected chi connectivity index (χ0v) is 14.2. The van der Waals surface area contributed by atoms with Crippen LogP contribution in [0.5, 0.6) is 0 Å². The lowest BCUT2D eigenvalue weighted by atomic mass is 9.79. The minimum Gasteiger partial charge on any atom is -0.392 e. The van der Waals surface area contributed by atoms with E-state index >= 15 is 0 Å². The minimum atomic E-state index is -0.642. The lowest BCUT2D eigenvalue weighted by Gasteiger charge is -2.32. The van der Waals surface area contributed by atoms with Crippen molar-refractivity contribution in [2.75, 3.05) is 0 Å². The van der Waals surface area contributed by atoms with Gasteiger partial charge in [0.25, 0.3) is 0 Å². The zero-order valence-electron chi connectivity index (χ0n) is 12.6. The highest BCUT2D eigenvalue weighted by molar-refractivity contribution is 7.80. The van der Waals surface area contributed by atoms with Gasteiger partial charge >= 0.3 is 0 Å². The Kier molecular flexibility index (Phi) is 5.76. The minimum absolute atomic E-state index is 0.0251. The highest BCUT2D eigenvalue weighted by Crippen LogP contribution is 2.37. The van der Waals surface area contributed by atoms with E-state index in [0.29, 0.717) is 4.99 Å². The van der Waals surface area contributed by atoms with E-state index in [-0.39, 0.29) is 11.9 Å². The van der Waals surface area contributed by atoms with E-state index in [4.69, 9.17) is 18.0 Å². The van der Waals surface area contributed by atoms with Gasteiger partial charge in [-0.25, -0.2) is 0 Å². The van der Waals surface area contributed by atoms with Crippen LogP contribution in [0.2, 0.25) is 0 Å². The highest BCUT2D eigenvalue weighted by atomic mass is 32.1. The first kappa shape index (κ1) is 16.4. The first-order valence-corrected chi connectivity index (χ1v) is 9.03. The molecule has 1 amide bonds. The molecule has 1 atom stereocenters. The van der Waals surface area contributed by atoms with Crippen molar-refractivity contribution in [3.05, 3.63) is 22.4 Å². The van der Waals surface area contributed by atoms with Crippen molar-refractivity contribution in [2.45, 2.75) is 57.9 Å². The van der Waals surface area contributed by atoms with Crippen LogP contribution >= 0.6 is 23.6 Å². The molecule has 3 nitrogen and oxygen atoms in total. The highest BCUT2D eigenvalue weighted by Gasteiger charge is 2.42. The van der Waals surface area contributed by atoms with Gasteiger partial charge < -0.3 is 11.1 Å². The summed E-state index contributed by atoms with van der Waals surface area (Å²) in [5.74, 6) is 0.0251. The van der Waals surface area contributed by atoms with Crippen LogP contribution in [0.15, 0.2) is 17.5 Å². The van der Waals surface area contributed by atoms with Crippen LogP contribution in [0, 0.1) is 5.41 Å². The largest absolute Gasteiger partial charge is 0.392 e. The molecule has 1 saturated carbocycles. The van der Waals surface area contributed by atoms with Crippen LogP contribution in [0.4, 0.5) is 0 Å². The van der Waals surface area contributed by atoms with Gasteiger partial charge in [-0.1, -0.05) is 50.9 Å². The molecule has 0 spiro atoms. The third-order valence-electron chi connectivity index (χ3n) is 4.46. The Bertz CT molecular complexity index is 476. The second kappa shape index (κ2) is 7.36. The Balaban J connectivity index is 2.16. The van der Waals surface area contributed by atoms with E-state index in [9.17, 15) is 4.79 Å². The average molecular weight is 325 g/mol. The number of carbonyl (C=O) groups is 1. The molecule has 1 aromatic rings. The fourth-order valence-corrected chi connectivity index (χ4v) is 4.24. The van der Waals surface area contributed by atoms with Gasteiger partial charge in [-0.15, -0.1) is 11.3 Å². The molecular formula is C16H24N2OS2. The maximum Gasteiger partial charge on any atom is 0.233 e. The smallest absolute Gasteiger partial charge is 0.233 e. The molecule has 1 aliphatic rings. The van der Waals surface area contributed by atoms with Gasteiger partial charge in [0.2, 0.25) is 5.91 Å². The monoisotopic (exact) mass is 324 g/mol. The summed E-state index contributed by atoms with van der Waals surface area (Å²) < 4.78 is 0. The van der Waals surface area contributed by atoms with Crippen LogP contribution in [0.1, 0.15) is 62.8 Å². The van der Waals surface area contributed by atoms with Gasteiger partial charge in [-0.05, 0) is 30.7 Å². The zero-order chi connectivity index (χ0) is 15.3. The first-order chi connectivity index (χ1) is 10.1. The van der Waals surface area contributed by atoms with Gasteiger partial charge in [-0.2, -0.15) is 0 Å². The molecule has 0 aromatic carbocycles. The fourth-order valence-electron chi connectivity index (χ4n) is 3.08. The summed E-state index contributed by atoms with van der Waals surface area (Å²) in [5.41, 5.74) is 5.34. The second-order valence-electron chi connectivity index (χ2n) is 5.81. The Morgan fingerprint density at radius 3 is 2.57 bits per heavy atom. The molecule has 2 rings (SSSR count). The number of nitrogens with one attached hydrogen (secondary N) is 1. The summed E-state index contributed by atoms with van der Waals surface area (Å²) in [4.78, 5) is 14.5. The van der Waals surface area contributed by atoms with Crippen molar-refractivity contribution < 1.29 is 4.79 Å². The van der Waals surface area contributed by atoms with Gasteiger partial charge in [0, 0.05) is 4.88 Å². The molecular weight excluding hydrogens is 300 g/mol. The standard InChI is InChI=1S/C16H24N2OS2/c1-2-12(13-8-7-11-21-13)18-15(19)16(14(17)20)9-5-3-4-6-10-16/h7-8,11-12H,2-6,9-10H2,1H3,(H2,17,20)(H,18,19). The quantitative estimate of drug-likeness (QED) is 0.637. The molecule has 1 fully saturated rings. The molecule has 0 aliphatic heterocycles. The summed E-state index contributed by atoms with van der Waals surface area (Å²) in [6.45, 7) is 2.09. The molecule has 116 valence electrons. The van der Waals surface area contributed by atoms with E-state index in [2.05, 4.69) is 18.3 Å². The molecule has 1 aromatic heterocycles. The van der Waals surface area contributed by atoms with Crippen LogP contribution in [-0.2, 0) is 4.79 Å². The lowest BCUT2D eigenvalue weighted by Crippen LogP contribution is -2.49. The lowest BCUT2D eigenvalue weighted by molar-refractivity contribution is -0.128. The van der Waals surface area contributed by atoms with E-state index in [1.807, 2.05) is 11.4 Å². The molecule has 1 unspecified atom stereocenters. The Morgan fingerprint density at radius 2 is 2.10 bits per heavy atom. The third-order valence-corrected chi connectivity index (χ3v) is 5.84. The number of hydrogen-bond donors (Lipinski definition) is 2. The van der Waals surface area contributed by atoms with Crippen LogP contribution in [-0.4, -0.2) is 10.9 Å². The second-order valence-corrected chi connectivity index (χ2v) is 7.23. The number of hydrogen-bond acceptors (Lipinski definition) is 3. The summed E-state index contributed by atoms with van der Waals surface area (Å²) >= 11 is 6.95. The maximum atomic E-state index is 12.9. The summed E-state index contributed by atoms with van der Waals surface area (Å²) in [5, 5.41) is 5.23. The Hall–Kier alpha value is -0.940. The third kappa shape index (κ3) is 3.64. The predicted octanol–water partition coefficient (Wildman–Crippen LogP) is 3.94. The molecule has 5 heteroatoms. The average Bonchev–Trinajstić information content (AvgIpc) is 2.87. The molecule has 21 heavy (non-hydrogen) atoms. The van der Waals surface area contributed by atoms with Gasteiger partial charge in [-0.3, -0.25) is 4.79 Å². The van der Waals surface area contributed by atoms with Crippen molar-refractivity contribution in [3.8, 4) is 0 Å². The summed E-state index contributed by atoms with van der Waals surface area (Å²) in [6.07, 6.45) is 6.84. The summed E-state index contributed by atoms with van der Waals surface area (Å²) in [6, 6.07) is 4.15. The predicted molar refractivity (Wildman–Crippen MR) is 92.4 cm³/mol. The number of thiocarbonyl (C=S) groups is 1. The van der Waals surface area contributed by atoms with E-state index < -0.39 is 5.41 Å². The van der Waals surface area contributed by atoms with Crippen LogP contribution < -0.4 is 11.1 Å². The normalized spacial score (nSPS) is 19.5. The number of nitrogens with two attached hydrogens (primary N) is 1. The Morgan fingerprint density at radius 1 is 1.43 bits per heavy atom. The van der Waals surface area contributed by atoms with Gasteiger partial charge in [0.15, 0.2) is 0 Å². The van der Waals surface area contributed by atoms with E-state index in [0.717, 1.165) is 32.1 Å². The summed E-state index contributed by atoms with van der Waals surface area (Å²) in [7, 11) is 0. The van der Waals surface area contributed by atoms with Gasteiger partial charge in [0.05, 0.1) is 16.4 Å². The maximum absolute atomic E-state index is 12.9. The van der Waals surface area contributed by atoms with E-state index in [1.165, 1.54) is 17.7 Å². The SMILES string of the molecule is CCC(NC(=O)C1(C(N)=S)CCCCCC1)c1cccs1. The van der Waals surface area contributed by atoms with Crippen LogP contribution in [0.3, 0.4) is 0 Å². The number of rotatable bonds is 5. The Labute approximate surface area is 136 Å². The molecule has 1 heterocycles. The topological polar surface area (TPSA) is 55.1 Å². The van der Waals surface area contributed by atoms with E-state index in [1.54, 1.807) is 11.3 Å². The number of carbonyl (C=O) groups excluding carboxylic acids is 1. The number of amides is 1. The van der Waals surface area contributed by atoms with Crippen LogP contribution in [0.25, 0.3) is 0 Å². The van der Waals surface area contributed by atoms with Gasteiger partial charge in [0.1, 0.15) is 0 Å². The molecule has 0 saturated heterocycles. The molecule has 3 N–H and O–H groups in total. The molecule has 0 radical (unpaired) electrons. The van der Waals surface area contributed by atoms with Crippen molar-refractivity contribution in [1.29, 1.82) is 0 Å². The van der Waals surface area contributed by atoms with Crippen molar-refractivity contribution in [2.24, 2.45) is 11.1 Å². The van der Waals surface area contributed by atoms with Crippen molar-refractivity contribution in [1.82, 2.24) is 5.32 Å². The number of thiophene rings is 1. The van der Waals surface area contributed by atoms with Crippen molar-refractivity contribution in [3.63, 3.8) is 0 Å². The fraction of sp³-hybridized carbons (Fsp3) is 0.625. The van der Waals surface area contributed by atoms with Crippen molar-refractivity contribution >= 4 is 34.5 Å². The molecule has 1 aliphatic carbocycles. The molecule has 0 bridgehead atoms. The first-order valence-electron chi connectivity index (χ1n) is 7.74.